The first-order valence-corrected chi connectivity index (χ1v) is 24.0. The van der Waals surface area contributed by atoms with Crippen molar-refractivity contribution in [3.63, 3.8) is 0 Å². The van der Waals surface area contributed by atoms with Gasteiger partial charge < -0.3 is 20.2 Å². The summed E-state index contributed by atoms with van der Waals surface area (Å²) >= 11 is 4.85. The Kier molecular flexibility index (Phi) is 12.9. The lowest BCUT2D eigenvalue weighted by atomic mass is 9.63. The Morgan fingerprint density at radius 3 is 1.76 bits per heavy atom. The Labute approximate surface area is 392 Å². The highest BCUT2D eigenvalue weighted by molar-refractivity contribution is 14.1. The first kappa shape index (κ1) is 43.1. The van der Waals surface area contributed by atoms with Crippen molar-refractivity contribution in [2.45, 2.75) is 88.9 Å². The third kappa shape index (κ3) is 8.75. The molecule has 63 heavy (non-hydrogen) atoms. The summed E-state index contributed by atoms with van der Waals surface area (Å²) in [6.45, 7) is 6.25. The summed E-state index contributed by atoms with van der Waals surface area (Å²) in [5, 5.41) is 3.51. The number of hydrogen-bond acceptors (Lipinski definition) is 8. The van der Waals surface area contributed by atoms with Crippen LogP contribution in [0.3, 0.4) is 0 Å². The molecule has 0 amide bonds. The fourth-order valence-corrected chi connectivity index (χ4v) is 9.88. The topological polar surface area (TPSA) is 124 Å². The van der Waals surface area contributed by atoms with E-state index in [9.17, 15) is 0 Å². The zero-order valence-electron chi connectivity index (χ0n) is 35.8. The van der Waals surface area contributed by atoms with Crippen molar-refractivity contribution in [3.8, 4) is 0 Å². The van der Waals surface area contributed by atoms with Crippen molar-refractivity contribution in [2.24, 2.45) is 0 Å². The summed E-state index contributed by atoms with van der Waals surface area (Å²) in [6.07, 6.45) is 19.2. The Morgan fingerprint density at radius 1 is 0.635 bits per heavy atom. The number of halogens is 2. The quantitative estimate of drug-likeness (QED) is 0.0885. The molecule has 2 aliphatic carbocycles. The molecule has 0 bridgehead atoms. The minimum atomic E-state index is -0.0170. The normalized spacial score (nSPS) is 16.5. The molecule has 8 heterocycles. The molecular formula is C50H51BBrIN10. The lowest BCUT2D eigenvalue weighted by Gasteiger charge is -2.41. The van der Waals surface area contributed by atoms with Gasteiger partial charge in [-0.25, -0.2) is 29.9 Å². The first-order chi connectivity index (χ1) is 30.9. The smallest absolute Gasteiger partial charge is 0.177 e. The third-order valence-electron chi connectivity index (χ3n) is 13.2. The van der Waals surface area contributed by atoms with Crippen LogP contribution in [-0.4, -0.2) is 58.7 Å². The molecule has 318 valence electrons. The summed E-state index contributed by atoms with van der Waals surface area (Å²) in [5.74, 6) is 3.19. The molecule has 2 saturated carbocycles. The van der Waals surface area contributed by atoms with Gasteiger partial charge in [0, 0.05) is 49.3 Å². The number of aromatic amines is 2. The molecule has 0 spiro atoms. The highest BCUT2D eigenvalue weighted by atomic mass is 127. The first-order valence-electron chi connectivity index (χ1n) is 22.0. The number of H-pyrrole nitrogens is 2. The second-order valence-electron chi connectivity index (χ2n) is 17.2. The van der Waals surface area contributed by atoms with Gasteiger partial charge in [0.15, 0.2) is 17.0 Å². The van der Waals surface area contributed by atoms with Crippen molar-refractivity contribution >= 4 is 83.5 Å². The Hall–Kier alpha value is -5.15. The van der Waals surface area contributed by atoms with E-state index in [1.807, 2.05) is 42.9 Å². The summed E-state index contributed by atoms with van der Waals surface area (Å²) in [6, 6.07) is 30.1. The fourth-order valence-electron chi connectivity index (χ4n) is 9.61. The van der Waals surface area contributed by atoms with Crippen LogP contribution in [0.25, 0.3) is 22.3 Å². The number of pyridine rings is 4. The number of imidazole rings is 2. The fraction of sp³-hybridized carbons (Fsp3) is 0.320. The molecule has 12 rings (SSSR count). The van der Waals surface area contributed by atoms with Crippen molar-refractivity contribution in [2.75, 3.05) is 23.3 Å². The van der Waals surface area contributed by atoms with Crippen LogP contribution in [0.1, 0.15) is 96.4 Å². The van der Waals surface area contributed by atoms with E-state index in [2.05, 4.69) is 136 Å². The standard InChI is InChI=1S/C25H25N5.C20H22N4.C5H4BrN.BI/c1-17-14-20-23(27-16-17)29-24(28-20)25(10-5-11-25)19-8-9-21-18(15-19)6-4-13-30(21)22-7-2-3-12-26-22;1-13-10-17-18(22-12-13)24-19(23-17)20(7-3-8-20)15-5-6-16-14(11-15)4-2-9-21-16;6-5-3-1-2-4-7-5;1-2/h2-3,7-9,12,14-16H,4-6,10-11,13H2,1H3,(H,27,28,29);5-6,10-12,21H,2-4,7-9H2,1H3,(H,22,23,24);1-4H;. The van der Waals surface area contributed by atoms with Crippen LogP contribution in [0, 0.1) is 13.8 Å². The zero-order chi connectivity index (χ0) is 43.4. The Morgan fingerprint density at radius 2 is 1.22 bits per heavy atom. The Bertz CT molecular complexity index is 2820. The van der Waals surface area contributed by atoms with Crippen LogP contribution in [0.4, 0.5) is 17.2 Å². The van der Waals surface area contributed by atoms with Crippen molar-refractivity contribution in [3.05, 3.63) is 159 Å². The van der Waals surface area contributed by atoms with Crippen LogP contribution in [0.5, 0.6) is 0 Å². The van der Waals surface area contributed by atoms with Crippen LogP contribution >= 0.6 is 38.3 Å². The summed E-state index contributed by atoms with van der Waals surface area (Å²) in [5.41, 5.74) is 18.8. The van der Waals surface area contributed by atoms with Gasteiger partial charge in [-0.05, 0) is 163 Å². The van der Waals surface area contributed by atoms with E-state index in [4.69, 9.17) is 9.97 Å². The lowest BCUT2D eigenvalue weighted by molar-refractivity contribution is 0.287. The number of fused-ring (bicyclic) bond motifs is 4. The van der Waals surface area contributed by atoms with Crippen molar-refractivity contribution in [1.82, 2.24) is 39.9 Å². The number of nitrogens with one attached hydrogen (secondary N) is 3. The second-order valence-corrected chi connectivity index (χ2v) is 18.0. The minimum absolute atomic E-state index is 0.0170. The van der Waals surface area contributed by atoms with E-state index in [0.717, 1.165) is 102 Å². The highest BCUT2D eigenvalue weighted by Crippen LogP contribution is 2.50. The molecule has 2 fully saturated rings. The average Bonchev–Trinajstić information content (AvgIpc) is 3.91. The van der Waals surface area contributed by atoms with Gasteiger partial charge in [-0.2, -0.15) is 22.4 Å². The van der Waals surface area contributed by atoms with E-state index in [1.165, 1.54) is 64.9 Å². The summed E-state index contributed by atoms with van der Waals surface area (Å²) < 4.78 is 0.884. The van der Waals surface area contributed by atoms with Gasteiger partial charge in [-0.3, -0.25) is 0 Å². The molecule has 3 N–H and O–H groups in total. The molecular weight excluding hydrogens is 958 g/mol. The van der Waals surface area contributed by atoms with Crippen LogP contribution < -0.4 is 10.2 Å². The monoisotopic (exact) mass is 1010 g/mol. The van der Waals surface area contributed by atoms with E-state index < -0.39 is 0 Å². The molecule has 0 unspecified atom stereocenters. The van der Waals surface area contributed by atoms with Crippen molar-refractivity contribution < 1.29 is 0 Å². The molecule has 8 aromatic rings. The summed E-state index contributed by atoms with van der Waals surface area (Å²) in [4.78, 5) is 36.8. The molecule has 6 aromatic heterocycles. The average molecular weight is 1010 g/mol. The van der Waals surface area contributed by atoms with E-state index in [1.54, 1.807) is 28.6 Å². The lowest BCUT2D eigenvalue weighted by Crippen LogP contribution is -2.37. The SMILES string of the molecule is Brc1ccccn1.Cc1cnc2nc(C3(c4ccc5c(c4)CCCN5)CCC3)[nH]c2c1.Cc1cnc2nc(C3(c4ccc5c(c4)CCCN5c4ccccn4)CCC3)[nH]c2c1.[B]I. The number of anilines is 3. The van der Waals surface area contributed by atoms with Gasteiger partial charge >= 0.3 is 0 Å². The largest absolute Gasteiger partial charge is 0.385 e. The minimum Gasteiger partial charge on any atom is -0.385 e. The molecule has 10 nitrogen and oxygen atoms in total. The van der Waals surface area contributed by atoms with Gasteiger partial charge in [-0.1, -0.05) is 49.2 Å². The third-order valence-corrected chi connectivity index (χ3v) is 13.6. The molecule has 2 aliphatic heterocycles. The van der Waals surface area contributed by atoms with Crippen LogP contribution in [0.2, 0.25) is 0 Å². The molecule has 0 atom stereocenters. The van der Waals surface area contributed by atoms with E-state index in [0.29, 0.717) is 0 Å². The van der Waals surface area contributed by atoms with Crippen LogP contribution in [-0.2, 0) is 23.7 Å². The molecule has 2 aromatic carbocycles. The highest BCUT2D eigenvalue weighted by Gasteiger charge is 2.45. The number of benzene rings is 2. The second kappa shape index (κ2) is 18.9. The maximum absolute atomic E-state index is 4.91. The molecule has 13 heteroatoms. The van der Waals surface area contributed by atoms with Gasteiger partial charge in [0.25, 0.3) is 0 Å². The molecule has 0 saturated heterocycles. The Balaban J connectivity index is 0.000000136. The predicted molar refractivity (Wildman–Crippen MR) is 267 cm³/mol. The molecule has 2 radical (unpaired) electrons. The zero-order valence-corrected chi connectivity index (χ0v) is 39.6. The van der Waals surface area contributed by atoms with Crippen LogP contribution in [0.15, 0.2) is 114 Å². The van der Waals surface area contributed by atoms with Gasteiger partial charge in [0.2, 0.25) is 0 Å². The number of hydrogen-bond donors (Lipinski definition) is 3. The van der Waals surface area contributed by atoms with Crippen molar-refractivity contribution in [1.29, 1.82) is 0 Å². The summed E-state index contributed by atoms with van der Waals surface area (Å²) in [7, 11) is 0. The van der Waals surface area contributed by atoms with Gasteiger partial charge in [-0.15, -0.1) is 0 Å². The number of nitrogens with zero attached hydrogens (tertiary/aromatic N) is 7. The number of aromatic nitrogens is 8. The predicted octanol–water partition coefficient (Wildman–Crippen LogP) is 11.7. The number of rotatable bonds is 5. The van der Waals surface area contributed by atoms with Gasteiger partial charge in [0.05, 0.1) is 21.9 Å². The van der Waals surface area contributed by atoms with Gasteiger partial charge in [0.1, 0.15) is 22.1 Å². The molecule has 4 aliphatic rings. The van der Waals surface area contributed by atoms with E-state index >= 15 is 0 Å². The maximum Gasteiger partial charge on any atom is 0.177 e. The maximum atomic E-state index is 4.91. The van der Waals surface area contributed by atoms with E-state index in [-0.39, 0.29) is 10.8 Å². The number of aryl methyl sites for hydroxylation is 4.